The van der Waals surface area contributed by atoms with Crippen LogP contribution in [-0.4, -0.2) is 40.8 Å². The van der Waals surface area contributed by atoms with Crippen LogP contribution >= 0.6 is 11.6 Å². The number of benzene rings is 2. The monoisotopic (exact) mass is 410 g/mol. The first-order valence-electron chi connectivity index (χ1n) is 8.42. The Balaban J connectivity index is 1.88. The molecule has 0 aliphatic carbocycles. The fraction of sp³-hybridized carbons (Fsp3) is 0.316. The number of methoxy groups -OCH3 is 1. The van der Waals surface area contributed by atoms with E-state index in [-0.39, 0.29) is 12.5 Å². The molecule has 8 heteroatoms. The molecule has 0 aromatic heterocycles. The van der Waals surface area contributed by atoms with E-state index >= 15 is 0 Å². The van der Waals surface area contributed by atoms with Crippen LogP contribution in [0.1, 0.15) is 12.0 Å². The molecule has 0 radical (unpaired) electrons. The number of ether oxygens (including phenoxy) is 1. The molecular weight excluding hydrogens is 388 g/mol. The molecule has 2 rings (SSSR count). The van der Waals surface area contributed by atoms with E-state index in [0.717, 1.165) is 29.0 Å². The van der Waals surface area contributed by atoms with Gasteiger partial charge in [-0.15, -0.1) is 0 Å². The molecule has 0 aliphatic heterocycles. The zero-order chi connectivity index (χ0) is 19.9. The van der Waals surface area contributed by atoms with Crippen molar-refractivity contribution in [1.82, 2.24) is 5.32 Å². The Kier molecular flexibility index (Phi) is 7.50. The topological polar surface area (TPSA) is 75.7 Å². The summed E-state index contributed by atoms with van der Waals surface area (Å²) in [5, 5.41) is 3.45. The Morgan fingerprint density at radius 3 is 2.30 bits per heavy atom. The SMILES string of the molecule is COc1ccc(N(CC(=O)NCCCc2ccc(Cl)cc2)S(C)(=O)=O)cc1. The summed E-state index contributed by atoms with van der Waals surface area (Å²) >= 11 is 5.85. The van der Waals surface area contributed by atoms with Crippen molar-refractivity contribution < 1.29 is 17.9 Å². The standard InChI is InChI=1S/C19H23ClN2O4S/c1-26-18-11-9-17(10-12-18)22(27(2,24)25)14-19(23)21-13-3-4-15-5-7-16(20)8-6-15/h5-12H,3-4,13-14H2,1-2H3,(H,21,23). The Morgan fingerprint density at radius 1 is 1.11 bits per heavy atom. The highest BCUT2D eigenvalue weighted by Gasteiger charge is 2.20. The van der Waals surface area contributed by atoms with Gasteiger partial charge in [0.05, 0.1) is 19.1 Å². The summed E-state index contributed by atoms with van der Waals surface area (Å²) in [4.78, 5) is 12.2. The van der Waals surface area contributed by atoms with Crippen LogP contribution in [0.2, 0.25) is 5.02 Å². The van der Waals surface area contributed by atoms with Crippen molar-refractivity contribution in [3.05, 3.63) is 59.1 Å². The number of carbonyl (C=O) groups is 1. The van der Waals surface area contributed by atoms with E-state index in [1.165, 1.54) is 7.11 Å². The fourth-order valence-corrected chi connectivity index (χ4v) is 3.49. The number of aryl methyl sites for hydroxylation is 1. The van der Waals surface area contributed by atoms with E-state index in [1.807, 2.05) is 24.3 Å². The molecule has 1 amide bonds. The van der Waals surface area contributed by atoms with Gasteiger partial charge < -0.3 is 10.1 Å². The van der Waals surface area contributed by atoms with Crippen molar-refractivity contribution in [2.24, 2.45) is 0 Å². The quantitative estimate of drug-likeness (QED) is 0.645. The third-order valence-corrected chi connectivity index (χ3v) is 5.32. The van der Waals surface area contributed by atoms with Gasteiger partial charge in [-0.2, -0.15) is 0 Å². The van der Waals surface area contributed by atoms with Crippen LogP contribution in [0.5, 0.6) is 5.75 Å². The highest BCUT2D eigenvalue weighted by Crippen LogP contribution is 2.21. The van der Waals surface area contributed by atoms with Gasteiger partial charge in [-0.25, -0.2) is 8.42 Å². The highest BCUT2D eigenvalue weighted by molar-refractivity contribution is 7.92. The van der Waals surface area contributed by atoms with Crippen LogP contribution in [-0.2, 0) is 21.2 Å². The number of anilines is 1. The molecule has 0 unspecified atom stereocenters. The minimum Gasteiger partial charge on any atom is -0.497 e. The first-order chi connectivity index (χ1) is 12.8. The second-order valence-corrected chi connectivity index (χ2v) is 8.39. The number of nitrogens with zero attached hydrogens (tertiary/aromatic N) is 1. The maximum absolute atomic E-state index is 12.2. The van der Waals surface area contributed by atoms with Crippen LogP contribution in [0.3, 0.4) is 0 Å². The molecule has 27 heavy (non-hydrogen) atoms. The molecular formula is C19H23ClN2O4S. The van der Waals surface area contributed by atoms with E-state index in [9.17, 15) is 13.2 Å². The number of hydrogen-bond donors (Lipinski definition) is 1. The molecule has 6 nitrogen and oxygen atoms in total. The molecule has 146 valence electrons. The lowest BCUT2D eigenvalue weighted by atomic mass is 10.1. The summed E-state index contributed by atoms with van der Waals surface area (Å²) in [6, 6.07) is 14.1. The zero-order valence-corrected chi connectivity index (χ0v) is 16.9. The lowest BCUT2D eigenvalue weighted by Gasteiger charge is -2.22. The van der Waals surface area contributed by atoms with E-state index in [2.05, 4.69) is 5.32 Å². The normalized spacial score (nSPS) is 11.1. The first kappa shape index (κ1) is 21.1. The lowest BCUT2D eigenvalue weighted by molar-refractivity contribution is -0.119. The van der Waals surface area contributed by atoms with Crippen LogP contribution in [0.4, 0.5) is 5.69 Å². The van der Waals surface area contributed by atoms with E-state index in [4.69, 9.17) is 16.3 Å². The van der Waals surface area contributed by atoms with E-state index in [1.54, 1.807) is 24.3 Å². The average molecular weight is 411 g/mol. The molecule has 0 fully saturated rings. The van der Waals surface area contributed by atoms with E-state index in [0.29, 0.717) is 23.0 Å². The van der Waals surface area contributed by atoms with Crippen LogP contribution in [0.25, 0.3) is 0 Å². The van der Waals surface area contributed by atoms with Gasteiger partial charge in [0, 0.05) is 11.6 Å². The summed E-state index contributed by atoms with van der Waals surface area (Å²) in [5.74, 6) is 0.256. The minimum absolute atomic E-state index is 0.272. The Morgan fingerprint density at radius 2 is 1.74 bits per heavy atom. The fourth-order valence-electron chi connectivity index (χ4n) is 2.51. The summed E-state index contributed by atoms with van der Waals surface area (Å²) in [7, 11) is -2.06. The number of amides is 1. The third-order valence-electron chi connectivity index (χ3n) is 3.93. The molecule has 0 spiro atoms. The Hall–Kier alpha value is -2.25. The molecule has 1 N–H and O–H groups in total. The van der Waals surface area contributed by atoms with Crippen molar-refractivity contribution >= 4 is 33.2 Å². The number of sulfonamides is 1. The maximum atomic E-state index is 12.2. The molecule has 2 aromatic rings. The van der Waals surface area contributed by atoms with Crippen LogP contribution in [0, 0.1) is 0 Å². The average Bonchev–Trinajstić information content (AvgIpc) is 2.64. The Labute approximate surface area is 165 Å². The van der Waals surface area contributed by atoms with Crippen LogP contribution < -0.4 is 14.4 Å². The maximum Gasteiger partial charge on any atom is 0.240 e. The summed E-state index contributed by atoms with van der Waals surface area (Å²) in [5.41, 5.74) is 1.54. The van der Waals surface area contributed by atoms with Gasteiger partial charge in [-0.1, -0.05) is 23.7 Å². The Bertz CT molecular complexity index is 852. The number of nitrogens with one attached hydrogen (secondary N) is 1. The number of halogens is 1. The first-order valence-corrected chi connectivity index (χ1v) is 10.6. The smallest absolute Gasteiger partial charge is 0.240 e. The van der Waals surface area contributed by atoms with E-state index < -0.39 is 10.0 Å². The van der Waals surface area contributed by atoms with Crippen molar-refractivity contribution in [3.8, 4) is 5.75 Å². The van der Waals surface area contributed by atoms with Crippen molar-refractivity contribution in [3.63, 3.8) is 0 Å². The molecule has 0 heterocycles. The molecule has 0 aliphatic rings. The lowest BCUT2D eigenvalue weighted by Crippen LogP contribution is -2.40. The van der Waals surface area contributed by atoms with Gasteiger partial charge in [0.15, 0.2) is 0 Å². The molecule has 0 saturated heterocycles. The van der Waals surface area contributed by atoms with Crippen molar-refractivity contribution in [2.45, 2.75) is 12.8 Å². The van der Waals surface area contributed by atoms with Gasteiger partial charge in [0.2, 0.25) is 15.9 Å². The summed E-state index contributed by atoms with van der Waals surface area (Å²) in [6.45, 7) is 0.188. The minimum atomic E-state index is -3.59. The zero-order valence-electron chi connectivity index (χ0n) is 15.3. The van der Waals surface area contributed by atoms with Crippen molar-refractivity contribution in [1.29, 1.82) is 0 Å². The van der Waals surface area contributed by atoms with Gasteiger partial charge >= 0.3 is 0 Å². The summed E-state index contributed by atoms with van der Waals surface area (Å²) in [6.07, 6.45) is 2.62. The van der Waals surface area contributed by atoms with Crippen LogP contribution in [0.15, 0.2) is 48.5 Å². The predicted molar refractivity (Wildman–Crippen MR) is 108 cm³/mol. The number of rotatable bonds is 9. The second kappa shape index (κ2) is 9.62. The summed E-state index contributed by atoms with van der Waals surface area (Å²) < 4.78 is 30.3. The molecule has 0 saturated carbocycles. The third kappa shape index (κ3) is 6.77. The number of carbonyl (C=O) groups excluding carboxylic acids is 1. The molecule has 0 atom stereocenters. The molecule has 2 aromatic carbocycles. The highest BCUT2D eigenvalue weighted by atomic mass is 35.5. The predicted octanol–water partition coefficient (Wildman–Crippen LogP) is 2.86. The number of hydrogen-bond acceptors (Lipinski definition) is 4. The van der Waals surface area contributed by atoms with Gasteiger partial charge in [0.25, 0.3) is 0 Å². The largest absolute Gasteiger partial charge is 0.497 e. The molecule has 0 bridgehead atoms. The second-order valence-electron chi connectivity index (χ2n) is 6.05. The van der Waals surface area contributed by atoms with Gasteiger partial charge in [-0.3, -0.25) is 9.10 Å². The van der Waals surface area contributed by atoms with Crippen molar-refractivity contribution in [2.75, 3.05) is 30.8 Å². The van der Waals surface area contributed by atoms with Gasteiger partial charge in [-0.05, 0) is 54.8 Å². The van der Waals surface area contributed by atoms with Gasteiger partial charge in [0.1, 0.15) is 12.3 Å².